The number of halogens is 4. The lowest BCUT2D eigenvalue weighted by Crippen LogP contribution is -2.05. The largest absolute Gasteiger partial charge is 0.506 e. The average Bonchev–Trinajstić information content (AvgIpc) is 2.42. The van der Waals surface area contributed by atoms with E-state index in [2.05, 4.69) is 5.32 Å². The highest BCUT2D eigenvalue weighted by Crippen LogP contribution is 2.37. The van der Waals surface area contributed by atoms with Gasteiger partial charge >= 0.3 is 6.18 Å². The van der Waals surface area contributed by atoms with Crippen LogP contribution in [0.2, 0.25) is 5.02 Å². The molecule has 0 radical (unpaired) electrons. The number of hydrogen-bond donors (Lipinski definition) is 3. The normalized spacial score (nSPS) is 12.9. The van der Waals surface area contributed by atoms with Crippen molar-refractivity contribution in [2.45, 2.75) is 11.9 Å². The van der Waals surface area contributed by atoms with Gasteiger partial charge in [-0.2, -0.15) is 13.2 Å². The zero-order valence-corrected chi connectivity index (χ0v) is 13.0. The molecule has 0 aromatic heterocycles. The molecule has 0 amide bonds. The molecule has 0 aliphatic carbocycles. The van der Waals surface area contributed by atoms with E-state index < -0.39 is 22.8 Å². The first-order chi connectivity index (χ1) is 10.7. The first-order valence-electron chi connectivity index (χ1n) is 6.20. The van der Waals surface area contributed by atoms with Crippen molar-refractivity contribution in [3.05, 3.63) is 52.5 Å². The first kappa shape index (κ1) is 17.6. The highest BCUT2D eigenvalue weighted by molar-refractivity contribution is 7.78. The van der Waals surface area contributed by atoms with Crippen LogP contribution in [0.3, 0.4) is 0 Å². The van der Waals surface area contributed by atoms with Gasteiger partial charge in [-0.05, 0) is 35.9 Å². The minimum Gasteiger partial charge on any atom is -0.506 e. The van der Waals surface area contributed by atoms with Gasteiger partial charge in [0.15, 0.2) is 11.1 Å². The molecule has 2 aromatic carbocycles. The molecule has 2 rings (SSSR count). The van der Waals surface area contributed by atoms with Crippen molar-refractivity contribution in [1.29, 1.82) is 0 Å². The number of anilines is 2. The van der Waals surface area contributed by atoms with Crippen LogP contribution >= 0.6 is 11.6 Å². The molecule has 2 aromatic rings. The highest BCUT2D eigenvalue weighted by Gasteiger charge is 2.31. The molecule has 0 spiro atoms. The maximum absolute atomic E-state index is 12.7. The molecule has 3 N–H and O–H groups in total. The van der Waals surface area contributed by atoms with Crippen LogP contribution in [0.25, 0.3) is 0 Å². The summed E-state index contributed by atoms with van der Waals surface area (Å²) in [5.41, 5.74) is -0.315. The van der Waals surface area contributed by atoms with E-state index in [1.165, 1.54) is 18.2 Å². The molecule has 23 heavy (non-hydrogen) atoms. The summed E-state index contributed by atoms with van der Waals surface area (Å²) in [6.07, 6.45) is -4.54. The van der Waals surface area contributed by atoms with E-state index in [0.29, 0.717) is 5.56 Å². The summed E-state index contributed by atoms with van der Waals surface area (Å²) in [6.45, 7) is 0. The number of alkyl halides is 3. The van der Waals surface area contributed by atoms with Crippen LogP contribution in [-0.4, -0.2) is 13.9 Å². The number of nitrogens with one attached hydrogen (secondary N) is 1. The molecule has 0 aliphatic heterocycles. The standard InChI is InChI=1S/C14H11ClF3NO3S/c15-10-5-8(7-23(21)22)1-3-11(10)19-12-6-9(14(16,17)18)2-4-13(12)20/h1-6,19-20H,7H2,(H,21,22). The molecule has 0 saturated heterocycles. The summed E-state index contributed by atoms with van der Waals surface area (Å²) in [6, 6.07) is 6.84. The summed E-state index contributed by atoms with van der Waals surface area (Å²) in [5, 5.41) is 12.4. The van der Waals surface area contributed by atoms with E-state index in [4.69, 9.17) is 16.2 Å². The maximum atomic E-state index is 12.7. The second-order valence-electron chi connectivity index (χ2n) is 4.63. The molecule has 4 nitrogen and oxygen atoms in total. The van der Waals surface area contributed by atoms with Gasteiger partial charge < -0.3 is 15.0 Å². The molecule has 1 atom stereocenters. The summed E-state index contributed by atoms with van der Waals surface area (Å²) in [5.74, 6) is -0.482. The number of rotatable bonds is 4. The van der Waals surface area contributed by atoms with Gasteiger partial charge in [-0.3, -0.25) is 0 Å². The third-order valence-electron chi connectivity index (χ3n) is 2.92. The van der Waals surface area contributed by atoms with E-state index in [1.807, 2.05) is 0 Å². The highest BCUT2D eigenvalue weighted by atomic mass is 35.5. The van der Waals surface area contributed by atoms with Gasteiger partial charge in [-0.1, -0.05) is 17.7 Å². The van der Waals surface area contributed by atoms with E-state index >= 15 is 0 Å². The molecule has 0 aliphatic rings. The summed E-state index contributed by atoms with van der Waals surface area (Å²) in [4.78, 5) is 0. The second kappa shape index (κ2) is 6.77. The van der Waals surface area contributed by atoms with Crippen molar-refractivity contribution < 1.29 is 27.0 Å². The fourth-order valence-corrected chi connectivity index (χ4v) is 2.57. The molecule has 1 unspecified atom stereocenters. The summed E-state index contributed by atoms with van der Waals surface area (Å²) >= 11 is 3.97. The molecule has 0 fully saturated rings. The van der Waals surface area contributed by atoms with E-state index in [9.17, 15) is 22.5 Å². The Morgan fingerprint density at radius 3 is 2.39 bits per heavy atom. The molecule has 0 saturated carbocycles. The number of hydrogen-bond acceptors (Lipinski definition) is 3. The lowest BCUT2D eigenvalue weighted by atomic mass is 10.1. The van der Waals surface area contributed by atoms with Crippen molar-refractivity contribution >= 4 is 34.1 Å². The van der Waals surface area contributed by atoms with Crippen LogP contribution < -0.4 is 5.32 Å². The molecular weight excluding hydrogens is 355 g/mol. The van der Waals surface area contributed by atoms with Gasteiger partial charge in [0, 0.05) is 0 Å². The van der Waals surface area contributed by atoms with Crippen LogP contribution in [0.1, 0.15) is 11.1 Å². The molecule has 0 bridgehead atoms. The van der Waals surface area contributed by atoms with Crippen molar-refractivity contribution in [3.8, 4) is 5.75 Å². The van der Waals surface area contributed by atoms with E-state index in [0.717, 1.165) is 18.2 Å². The van der Waals surface area contributed by atoms with Crippen LogP contribution in [0.15, 0.2) is 36.4 Å². The predicted molar refractivity (Wildman–Crippen MR) is 82.3 cm³/mol. The smallest absolute Gasteiger partial charge is 0.416 e. The number of benzene rings is 2. The molecule has 0 heterocycles. The Morgan fingerprint density at radius 2 is 1.83 bits per heavy atom. The first-order valence-corrected chi connectivity index (χ1v) is 7.85. The second-order valence-corrected chi connectivity index (χ2v) is 5.97. The lowest BCUT2D eigenvalue weighted by Gasteiger charge is -2.14. The number of aromatic hydroxyl groups is 1. The minimum absolute atomic E-state index is 0.116. The fourth-order valence-electron chi connectivity index (χ4n) is 1.85. The zero-order chi connectivity index (χ0) is 17.2. The summed E-state index contributed by atoms with van der Waals surface area (Å²) in [7, 11) is 0. The summed E-state index contributed by atoms with van der Waals surface area (Å²) < 4.78 is 57.7. The van der Waals surface area contributed by atoms with Gasteiger partial charge in [0.05, 0.1) is 27.7 Å². The van der Waals surface area contributed by atoms with Crippen molar-refractivity contribution in [3.63, 3.8) is 0 Å². The van der Waals surface area contributed by atoms with E-state index in [1.54, 1.807) is 0 Å². The lowest BCUT2D eigenvalue weighted by molar-refractivity contribution is -0.137. The average molecular weight is 366 g/mol. The van der Waals surface area contributed by atoms with Gasteiger partial charge in [0.2, 0.25) is 0 Å². The van der Waals surface area contributed by atoms with Gasteiger partial charge in [-0.15, -0.1) is 0 Å². The predicted octanol–water partition coefficient (Wildman–Crippen LogP) is 4.53. The monoisotopic (exact) mass is 365 g/mol. The number of phenolic OH excluding ortho intramolecular Hbond substituents is 1. The zero-order valence-electron chi connectivity index (χ0n) is 11.4. The van der Waals surface area contributed by atoms with Crippen LogP contribution in [-0.2, 0) is 23.0 Å². The van der Waals surface area contributed by atoms with E-state index in [-0.39, 0.29) is 27.9 Å². The molecule has 124 valence electrons. The Balaban J connectivity index is 2.30. The Hall–Kier alpha value is -1.77. The minimum atomic E-state index is -4.54. The Kier molecular flexibility index (Phi) is 5.18. The van der Waals surface area contributed by atoms with Gasteiger partial charge in [-0.25, -0.2) is 4.21 Å². The maximum Gasteiger partial charge on any atom is 0.416 e. The Bertz CT molecular complexity index is 753. The quantitative estimate of drug-likeness (QED) is 0.550. The van der Waals surface area contributed by atoms with Crippen LogP contribution in [0.4, 0.5) is 24.5 Å². The Morgan fingerprint density at radius 1 is 1.13 bits per heavy atom. The van der Waals surface area contributed by atoms with Crippen LogP contribution in [0.5, 0.6) is 5.75 Å². The van der Waals surface area contributed by atoms with Gasteiger partial charge in [0.1, 0.15) is 5.75 Å². The van der Waals surface area contributed by atoms with Crippen molar-refractivity contribution in [2.24, 2.45) is 0 Å². The van der Waals surface area contributed by atoms with Crippen LogP contribution in [0, 0.1) is 0 Å². The molecule has 9 heteroatoms. The SMILES string of the molecule is O=S(O)Cc1ccc(Nc2cc(C(F)(F)F)ccc2O)c(Cl)c1. The molecular formula is C14H11ClF3NO3S. The van der Waals surface area contributed by atoms with Crippen molar-refractivity contribution in [2.75, 3.05) is 5.32 Å². The Labute approximate surface area is 137 Å². The van der Waals surface area contributed by atoms with Crippen molar-refractivity contribution in [1.82, 2.24) is 0 Å². The fraction of sp³-hybridized carbons (Fsp3) is 0.143. The topological polar surface area (TPSA) is 69.6 Å². The number of phenols is 1. The van der Waals surface area contributed by atoms with Gasteiger partial charge in [0.25, 0.3) is 0 Å². The third-order valence-corrected chi connectivity index (χ3v) is 3.81. The third kappa shape index (κ3) is 4.60.